The number of hydrogen-bond acceptors (Lipinski definition) is 4. The monoisotopic (exact) mass is 268 g/mol. The Morgan fingerprint density at radius 2 is 1.95 bits per heavy atom. The maximum Gasteiger partial charge on any atom is 0.330 e. The molecule has 0 unspecified atom stereocenters. The van der Waals surface area contributed by atoms with Crippen LogP contribution >= 0.6 is 0 Å². The highest BCUT2D eigenvalue weighted by molar-refractivity contribution is 5.77. The molecule has 1 rings (SSSR count). The number of carbonyl (C=O) groups is 1. The number of nitrogens with zero attached hydrogens (tertiary/aromatic N) is 2. The van der Waals surface area contributed by atoms with E-state index in [0.717, 1.165) is 11.0 Å². The predicted molar refractivity (Wildman–Crippen MR) is 71.9 cm³/mol. The van der Waals surface area contributed by atoms with E-state index in [0.29, 0.717) is 18.8 Å². The third-order valence-corrected chi connectivity index (χ3v) is 2.79. The van der Waals surface area contributed by atoms with E-state index < -0.39 is 0 Å². The Morgan fingerprint density at radius 3 is 2.58 bits per heavy atom. The predicted octanol–water partition coefficient (Wildman–Crippen LogP) is -1.30. The van der Waals surface area contributed by atoms with Crippen molar-refractivity contribution in [3.8, 4) is 0 Å². The lowest BCUT2D eigenvalue weighted by atomic mass is 10.3. The summed E-state index contributed by atoms with van der Waals surface area (Å²) in [6.07, 6.45) is 0.884. The summed E-state index contributed by atoms with van der Waals surface area (Å²) in [5.74, 6) is -0.101. The summed E-state index contributed by atoms with van der Waals surface area (Å²) in [6, 6.07) is 1.39. The zero-order valence-corrected chi connectivity index (χ0v) is 11.5. The fourth-order valence-electron chi connectivity index (χ4n) is 1.58. The van der Waals surface area contributed by atoms with Gasteiger partial charge in [0.2, 0.25) is 5.91 Å². The van der Waals surface area contributed by atoms with Crippen molar-refractivity contribution in [1.82, 2.24) is 19.8 Å². The smallest absolute Gasteiger partial charge is 0.330 e. The fourth-order valence-corrected chi connectivity index (χ4v) is 1.58. The summed E-state index contributed by atoms with van der Waals surface area (Å²) in [4.78, 5) is 34.5. The van der Waals surface area contributed by atoms with Crippen molar-refractivity contribution in [1.29, 1.82) is 0 Å². The first kappa shape index (κ1) is 15.2. The first-order valence-corrected chi connectivity index (χ1v) is 6.20. The second-order valence-electron chi connectivity index (χ2n) is 4.33. The summed E-state index contributed by atoms with van der Waals surface area (Å²) >= 11 is 0. The lowest BCUT2D eigenvalue weighted by Gasteiger charge is -2.10. The minimum absolute atomic E-state index is 0.101. The van der Waals surface area contributed by atoms with Crippen LogP contribution in [0.2, 0.25) is 0 Å². The number of aromatic nitrogens is 2. The Morgan fingerprint density at radius 1 is 1.26 bits per heavy atom. The van der Waals surface area contributed by atoms with E-state index in [1.807, 2.05) is 6.92 Å². The number of rotatable bonds is 6. The molecule has 0 spiro atoms. The lowest BCUT2D eigenvalue weighted by Crippen LogP contribution is -2.40. The van der Waals surface area contributed by atoms with Crippen molar-refractivity contribution in [2.45, 2.75) is 19.9 Å². The minimum atomic E-state index is -0.375. The van der Waals surface area contributed by atoms with E-state index in [4.69, 9.17) is 0 Å². The average molecular weight is 268 g/mol. The van der Waals surface area contributed by atoms with E-state index in [1.54, 1.807) is 7.05 Å². The summed E-state index contributed by atoms with van der Waals surface area (Å²) in [5.41, 5.74) is -0.175. The van der Waals surface area contributed by atoms with Crippen LogP contribution in [0.25, 0.3) is 0 Å². The quantitative estimate of drug-likeness (QED) is 0.671. The topological polar surface area (TPSA) is 85.1 Å². The minimum Gasteiger partial charge on any atom is -0.355 e. The summed E-state index contributed by atoms with van der Waals surface area (Å²) in [7, 11) is 3.02. The number of nitrogens with one attached hydrogen (secondary N) is 2. The van der Waals surface area contributed by atoms with Crippen LogP contribution in [0.15, 0.2) is 15.7 Å². The molecule has 1 aromatic heterocycles. The number of amides is 1. The molecule has 0 saturated heterocycles. The molecule has 0 aromatic carbocycles. The molecule has 2 N–H and O–H groups in total. The molecule has 7 heteroatoms. The Labute approximate surface area is 111 Å². The van der Waals surface area contributed by atoms with Crippen molar-refractivity contribution in [2.75, 3.05) is 13.1 Å². The Balaban J connectivity index is 2.62. The van der Waals surface area contributed by atoms with Crippen LogP contribution in [-0.2, 0) is 25.4 Å². The van der Waals surface area contributed by atoms with Gasteiger partial charge in [-0.2, -0.15) is 0 Å². The molecule has 0 saturated carbocycles. The van der Waals surface area contributed by atoms with Crippen LogP contribution in [0, 0.1) is 0 Å². The molecule has 0 aliphatic heterocycles. The van der Waals surface area contributed by atoms with Gasteiger partial charge in [-0.1, -0.05) is 6.92 Å². The van der Waals surface area contributed by atoms with Gasteiger partial charge in [-0.05, 0) is 6.42 Å². The van der Waals surface area contributed by atoms with Crippen molar-refractivity contribution >= 4 is 5.91 Å². The van der Waals surface area contributed by atoms with Crippen molar-refractivity contribution in [3.63, 3.8) is 0 Å². The molecule has 1 aromatic rings. The van der Waals surface area contributed by atoms with Gasteiger partial charge in [0.15, 0.2) is 0 Å². The van der Waals surface area contributed by atoms with Crippen molar-refractivity contribution in [2.24, 2.45) is 14.1 Å². The molecule has 1 heterocycles. The van der Waals surface area contributed by atoms with Crippen molar-refractivity contribution in [3.05, 3.63) is 32.6 Å². The third kappa shape index (κ3) is 4.06. The van der Waals surface area contributed by atoms with Gasteiger partial charge in [0.25, 0.3) is 5.56 Å². The molecular formula is C12H20N4O3. The molecule has 106 valence electrons. The maximum absolute atomic E-state index is 11.7. The molecule has 7 nitrogen and oxygen atoms in total. The Hall–Kier alpha value is -1.89. The molecule has 19 heavy (non-hydrogen) atoms. The fraction of sp³-hybridized carbons (Fsp3) is 0.583. The van der Waals surface area contributed by atoms with Gasteiger partial charge in [0.1, 0.15) is 0 Å². The van der Waals surface area contributed by atoms with E-state index in [-0.39, 0.29) is 23.7 Å². The average Bonchev–Trinajstić information content (AvgIpc) is 2.39. The number of hydrogen-bond donors (Lipinski definition) is 2. The molecule has 1 amide bonds. The van der Waals surface area contributed by atoms with Crippen LogP contribution in [0.4, 0.5) is 0 Å². The highest BCUT2D eigenvalue weighted by Crippen LogP contribution is 1.89. The lowest BCUT2D eigenvalue weighted by molar-refractivity contribution is -0.120. The van der Waals surface area contributed by atoms with E-state index in [2.05, 4.69) is 10.6 Å². The largest absolute Gasteiger partial charge is 0.355 e. The second kappa shape index (κ2) is 6.89. The van der Waals surface area contributed by atoms with Gasteiger partial charge in [-0.25, -0.2) is 4.79 Å². The standard InChI is InChI=1S/C12H20N4O3/c1-4-5-14-10(17)8-13-7-9-6-11(18)16(3)12(19)15(9)2/h6,13H,4-5,7-8H2,1-3H3,(H,14,17). The van der Waals surface area contributed by atoms with Gasteiger partial charge in [-0.3, -0.25) is 18.7 Å². The SMILES string of the molecule is CCCNC(=O)CNCc1cc(=O)n(C)c(=O)n1C. The normalized spacial score (nSPS) is 10.5. The van der Waals surface area contributed by atoms with Crippen LogP contribution in [0.1, 0.15) is 19.0 Å². The van der Waals surface area contributed by atoms with Crippen LogP contribution in [0.3, 0.4) is 0 Å². The van der Waals surface area contributed by atoms with Gasteiger partial charge in [0, 0.05) is 38.9 Å². The zero-order chi connectivity index (χ0) is 14.4. The van der Waals surface area contributed by atoms with Crippen molar-refractivity contribution < 1.29 is 4.79 Å². The Bertz CT molecular complexity index is 559. The van der Waals surface area contributed by atoms with Gasteiger partial charge in [0.05, 0.1) is 6.54 Å². The summed E-state index contributed by atoms with van der Waals surface area (Å²) in [5, 5.41) is 5.63. The van der Waals surface area contributed by atoms with E-state index in [9.17, 15) is 14.4 Å². The molecular weight excluding hydrogens is 248 g/mol. The second-order valence-corrected chi connectivity index (χ2v) is 4.33. The Kier molecular flexibility index (Phi) is 5.50. The van der Waals surface area contributed by atoms with Crippen LogP contribution in [-0.4, -0.2) is 28.1 Å². The molecule has 0 atom stereocenters. The molecule has 0 aliphatic rings. The van der Waals surface area contributed by atoms with E-state index >= 15 is 0 Å². The van der Waals surface area contributed by atoms with Gasteiger partial charge < -0.3 is 10.6 Å². The first-order chi connectivity index (χ1) is 8.97. The molecule has 0 aliphatic carbocycles. The van der Waals surface area contributed by atoms with E-state index in [1.165, 1.54) is 17.7 Å². The first-order valence-electron chi connectivity index (χ1n) is 6.20. The number of carbonyl (C=O) groups excluding carboxylic acids is 1. The van der Waals surface area contributed by atoms with Gasteiger partial charge >= 0.3 is 5.69 Å². The highest BCUT2D eigenvalue weighted by Gasteiger charge is 2.06. The highest BCUT2D eigenvalue weighted by atomic mass is 16.2. The maximum atomic E-state index is 11.7. The molecule has 0 radical (unpaired) electrons. The zero-order valence-electron chi connectivity index (χ0n) is 11.5. The molecule has 0 bridgehead atoms. The van der Waals surface area contributed by atoms with Crippen LogP contribution in [0.5, 0.6) is 0 Å². The molecule has 0 fully saturated rings. The van der Waals surface area contributed by atoms with Crippen LogP contribution < -0.4 is 21.9 Å². The van der Waals surface area contributed by atoms with Gasteiger partial charge in [-0.15, -0.1) is 0 Å². The summed E-state index contributed by atoms with van der Waals surface area (Å²) < 4.78 is 2.43. The summed E-state index contributed by atoms with van der Waals surface area (Å²) in [6.45, 7) is 3.07. The third-order valence-electron chi connectivity index (χ3n) is 2.79.